The van der Waals surface area contributed by atoms with Crippen LogP contribution in [0.4, 0.5) is 0 Å². The lowest BCUT2D eigenvalue weighted by Gasteiger charge is -2.24. The first-order valence-corrected chi connectivity index (χ1v) is 7.07. The first-order chi connectivity index (χ1) is 8.24. The van der Waals surface area contributed by atoms with Crippen molar-refractivity contribution in [3.8, 4) is 0 Å². The molecule has 1 aliphatic carbocycles. The van der Waals surface area contributed by atoms with Gasteiger partial charge in [0.15, 0.2) is 0 Å². The maximum atomic E-state index is 3.85. The Morgan fingerprint density at radius 1 is 1.12 bits per heavy atom. The van der Waals surface area contributed by atoms with Crippen LogP contribution in [-0.2, 0) is 0 Å². The van der Waals surface area contributed by atoms with Crippen molar-refractivity contribution >= 4 is 0 Å². The maximum Gasteiger partial charge on any atom is 0.0320 e. The Morgan fingerprint density at radius 3 is 2.24 bits per heavy atom. The van der Waals surface area contributed by atoms with Gasteiger partial charge in [-0.1, -0.05) is 43.7 Å². The molecule has 1 heteroatoms. The van der Waals surface area contributed by atoms with Crippen molar-refractivity contribution in [3.05, 3.63) is 35.4 Å². The summed E-state index contributed by atoms with van der Waals surface area (Å²) >= 11 is 0. The van der Waals surface area contributed by atoms with E-state index < -0.39 is 0 Å². The van der Waals surface area contributed by atoms with E-state index >= 15 is 0 Å². The molecule has 0 bridgehead atoms. The molecule has 0 heterocycles. The molecule has 94 valence electrons. The SMILES string of the molecule is CCC(NC(CC)C1CC1)c1ccc(C)cc1. The zero-order valence-electron chi connectivity index (χ0n) is 11.4. The van der Waals surface area contributed by atoms with E-state index in [4.69, 9.17) is 0 Å². The highest BCUT2D eigenvalue weighted by atomic mass is 15.0. The third kappa shape index (κ3) is 3.32. The van der Waals surface area contributed by atoms with Crippen LogP contribution in [0.2, 0.25) is 0 Å². The van der Waals surface area contributed by atoms with Crippen molar-refractivity contribution in [3.63, 3.8) is 0 Å². The van der Waals surface area contributed by atoms with Crippen LogP contribution in [-0.4, -0.2) is 6.04 Å². The van der Waals surface area contributed by atoms with Gasteiger partial charge in [0.05, 0.1) is 0 Å². The second-order valence-corrected chi connectivity index (χ2v) is 5.39. The highest BCUT2D eigenvalue weighted by molar-refractivity contribution is 5.24. The van der Waals surface area contributed by atoms with Gasteiger partial charge in [-0.2, -0.15) is 0 Å². The van der Waals surface area contributed by atoms with Crippen molar-refractivity contribution in [2.45, 2.75) is 58.5 Å². The lowest BCUT2D eigenvalue weighted by atomic mass is 10.0. The van der Waals surface area contributed by atoms with E-state index in [1.807, 2.05) is 0 Å². The molecule has 2 rings (SSSR count). The average Bonchev–Trinajstić information content (AvgIpc) is 3.17. The Morgan fingerprint density at radius 2 is 1.76 bits per heavy atom. The van der Waals surface area contributed by atoms with Crippen LogP contribution in [0.15, 0.2) is 24.3 Å². The van der Waals surface area contributed by atoms with Crippen molar-refractivity contribution in [1.82, 2.24) is 5.32 Å². The highest BCUT2D eigenvalue weighted by Crippen LogP contribution is 2.35. The van der Waals surface area contributed by atoms with E-state index in [1.54, 1.807) is 0 Å². The summed E-state index contributed by atoms with van der Waals surface area (Å²) in [5.41, 5.74) is 2.79. The van der Waals surface area contributed by atoms with Gasteiger partial charge < -0.3 is 5.32 Å². The fourth-order valence-corrected chi connectivity index (χ4v) is 2.59. The number of rotatable bonds is 6. The largest absolute Gasteiger partial charge is 0.307 e. The molecule has 1 saturated carbocycles. The molecule has 1 fully saturated rings. The standard InChI is InChI=1S/C16H25N/c1-4-15(13-8-6-12(3)7-9-13)17-16(5-2)14-10-11-14/h6-9,14-17H,4-5,10-11H2,1-3H3. The molecule has 2 atom stereocenters. The normalized spacial score (nSPS) is 19.0. The topological polar surface area (TPSA) is 12.0 Å². The van der Waals surface area contributed by atoms with Gasteiger partial charge in [-0.25, -0.2) is 0 Å². The molecular weight excluding hydrogens is 206 g/mol. The minimum atomic E-state index is 0.529. The molecule has 0 spiro atoms. The summed E-state index contributed by atoms with van der Waals surface area (Å²) in [6, 6.07) is 10.2. The summed E-state index contributed by atoms with van der Waals surface area (Å²) in [5.74, 6) is 0.944. The first-order valence-electron chi connectivity index (χ1n) is 7.07. The van der Waals surface area contributed by atoms with Gasteiger partial charge in [0.25, 0.3) is 0 Å². The van der Waals surface area contributed by atoms with E-state index in [0.29, 0.717) is 6.04 Å². The first kappa shape index (κ1) is 12.6. The molecular formula is C16H25N. The molecule has 0 aromatic heterocycles. The number of nitrogens with one attached hydrogen (secondary N) is 1. The van der Waals surface area contributed by atoms with Crippen molar-refractivity contribution in [2.24, 2.45) is 5.92 Å². The Hall–Kier alpha value is -0.820. The molecule has 1 N–H and O–H groups in total. The quantitative estimate of drug-likeness (QED) is 0.772. The van der Waals surface area contributed by atoms with Gasteiger partial charge in [0, 0.05) is 12.1 Å². The summed E-state index contributed by atoms with van der Waals surface area (Å²) in [6.45, 7) is 6.73. The van der Waals surface area contributed by atoms with Crippen LogP contribution >= 0.6 is 0 Å². The number of benzene rings is 1. The third-order valence-electron chi connectivity index (χ3n) is 3.93. The molecule has 0 amide bonds. The second kappa shape index (κ2) is 5.68. The summed E-state index contributed by atoms with van der Waals surface area (Å²) < 4.78 is 0. The maximum absolute atomic E-state index is 3.85. The molecule has 2 unspecified atom stereocenters. The van der Waals surface area contributed by atoms with Crippen LogP contribution < -0.4 is 5.32 Å². The summed E-state index contributed by atoms with van der Waals surface area (Å²) in [7, 11) is 0. The van der Waals surface area contributed by atoms with Crippen LogP contribution in [0.1, 0.15) is 56.7 Å². The minimum absolute atomic E-state index is 0.529. The number of hydrogen-bond donors (Lipinski definition) is 1. The summed E-state index contributed by atoms with van der Waals surface area (Å²) in [5, 5.41) is 3.85. The lowest BCUT2D eigenvalue weighted by molar-refractivity contribution is 0.383. The second-order valence-electron chi connectivity index (χ2n) is 5.39. The van der Waals surface area contributed by atoms with Crippen molar-refractivity contribution in [1.29, 1.82) is 0 Å². The minimum Gasteiger partial charge on any atom is -0.307 e. The molecule has 0 radical (unpaired) electrons. The van der Waals surface area contributed by atoms with Gasteiger partial charge in [-0.3, -0.25) is 0 Å². The zero-order chi connectivity index (χ0) is 12.3. The van der Waals surface area contributed by atoms with E-state index in [0.717, 1.165) is 12.0 Å². The molecule has 1 aromatic rings. The molecule has 0 saturated heterocycles. The van der Waals surface area contributed by atoms with Gasteiger partial charge in [0.2, 0.25) is 0 Å². The van der Waals surface area contributed by atoms with E-state index in [2.05, 4.69) is 50.4 Å². The third-order valence-corrected chi connectivity index (χ3v) is 3.93. The monoisotopic (exact) mass is 231 g/mol. The molecule has 1 aliphatic rings. The average molecular weight is 231 g/mol. The Balaban J connectivity index is 2.02. The summed E-state index contributed by atoms with van der Waals surface area (Å²) in [4.78, 5) is 0. The smallest absolute Gasteiger partial charge is 0.0320 e. The van der Waals surface area contributed by atoms with Crippen LogP contribution in [0, 0.1) is 12.8 Å². The Kier molecular flexibility index (Phi) is 4.22. The van der Waals surface area contributed by atoms with Crippen LogP contribution in [0.5, 0.6) is 0 Å². The predicted molar refractivity (Wildman–Crippen MR) is 74.1 cm³/mol. The van der Waals surface area contributed by atoms with Crippen molar-refractivity contribution in [2.75, 3.05) is 0 Å². The lowest BCUT2D eigenvalue weighted by Crippen LogP contribution is -2.33. The molecule has 1 aromatic carbocycles. The fraction of sp³-hybridized carbons (Fsp3) is 0.625. The Labute approximate surface area is 106 Å². The number of hydrogen-bond acceptors (Lipinski definition) is 1. The fourth-order valence-electron chi connectivity index (χ4n) is 2.59. The highest BCUT2D eigenvalue weighted by Gasteiger charge is 2.31. The van der Waals surface area contributed by atoms with E-state index in [9.17, 15) is 0 Å². The van der Waals surface area contributed by atoms with E-state index in [-0.39, 0.29) is 0 Å². The van der Waals surface area contributed by atoms with Gasteiger partial charge >= 0.3 is 0 Å². The van der Waals surface area contributed by atoms with Crippen LogP contribution in [0.3, 0.4) is 0 Å². The molecule has 17 heavy (non-hydrogen) atoms. The Bertz CT molecular complexity index is 337. The van der Waals surface area contributed by atoms with Gasteiger partial charge in [-0.15, -0.1) is 0 Å². The van der Waals surface area contributed by atoms with Gasteiger partial charge in [0.1, 0.15) is 0 Å². The van der Waals surface area contributed by atoms with Crippen molar-refractivity contribution < 1.29 is 0 Å². The molecule has 0 aliphatic heterocycles. The predicted octanol–water partition coefficient (Wildman–Crippen LogP) is 4.22. The zero-order valence-corrected chi connectivity index (χ0v) is 11.4. The number of aryl methyl sites for hydroxylation is 1. The van der Waals surface area contributed by atoms with Gasteiger partial charge in [-0.05, 0) is 44.1 Å². The molecule has 1 nitrogen and oxygen atoms in total. The summed E-state index contributed by atoms with van der Waals surface area (Å²) in [6.07, 6.45) is 5.28. The van der Waals surface area contributed by atoms with Crippen LogP contribution in [0.25, 0.3) is 0 Å². The van der Waals surface area contributed by atoms with E-state index in [1.165, 1.54) is 36.8 Å².